The Bertz CT molecular complexity index is 2390. The van der Waals surface area contributed by atoms with Crippen LogP contribution in [0.3, 0.4) is 0 Å². The molecule has 58 heavy (non-hydrogen) atoms. The number of halogens is 6. The predicted molar refractivity (Wildman–Crippen MR) is 210 cm³/mol. The lowest BCUT2D eigenvalue weighted by Crippen LogP contribution is -2.49. The molecule has 8 nitrogen and oxygen atoms in total. The van der Waals surface area contributed by atoms with Crippen molar-refractivity contribution in [2.75, 3.05) is 23.7 Å². The highest BCUT2D eigenvalue weighted by Gasteiger charge is 2.38. The van der Waals surface area contributed by atoms with Crippen LogP contribution in [0.15, 0.2) is 121 Å². The van der Waals surface area contributed by atoms with Gasteiger partial charge in [0, 0.05) is 47.7 Å². The van der Waals surface area contributed by atoms with Gasteiger partial charge in [0.1, 0.15) is 16.0 Å². The fourth-order valence-electron chi connectivity index (χ4n) is 5.93. The summed E-state index contributed by atoms with van der Waals surface area (Å²) in [7, 11) is 0. The molecule has 4 aromatic carbocycles. The third kappa shape index (κ3) is 10.2. The summed E-state index contributed by atoms with van der Waals surface area (Å²) in [4.78, 5) is 46.8. The molecule has 1 aliphatic heterocycles. The first-order valence-corrected chi connectivity index (χ1v) is 19.0. The molecule has 0 atom stereocenters. The van der Waals surface area contributed by atoms with Crippen molar-refractivity contribution in [3.05, 3.63) is 152 Å². The molecular formula is C42H31F6N3O5S2. The number of carboxylic acids is 1. The molecule has 7 rings (SSSR count). The molecule has 0 aliphatic carbocycles. The topological polar surface area (TPSA) is 116 Å². The fraction of sp³-hybridized carbons (Fsp3) is 0.143. The van der Waals surface area contributed by atoms with Gasteiger partial charge in [-0.2, -0.15) is 26.3 Å². The van der Waals surface area contributed by atoms with Crippen molar-refractivity contribution in [1.29, 1.82) is 0 Å². The van der Waals surface area contributed by atoms with Gasteiger partial charge in [0.2, 0.25) is 0 Å². The number of nitrogens with one attached hydrogen (secondary N) is 2. The molecule has 0 bridgehead atoms. The number of aliphatic carboxylic acids is 1. The monoisotopic (exact) mass is 835 g/mol. The third-order valence-electron chi connectivity index (χ3n) is 8.83. The molecule has 0 unspecified atom stereocenters. The van der Waals surface area contributed by atoms with Crippen LogP contribution in [0.1, 0.15) is 45.0 Å². The number of thiophene rings is 2. The summed E-state index contributed by atoms with van der Waals surface area (Å²) in [5.41, 5.74) is 3.00. The van der Waals surface area contributed by atoms with E-state index in [1.165, 1.54) is 36.4 Å². The van der Waals surface area contributed by atoms with Crippen LogP contribution in [0, 0.1) is 5.92 Å². The number of carbonyl (C=O) groups excluding carboxylic acids is 3. The molecule has 2 amide bonds. The van der Waals surface area contributed by atoms with Crippen molar-refractivity contribution in [3.8, 4) is 22.3 Å². The zero-order chi connectivity index (χ0) is 41.6. The molecular weight excluding hydrogens is 805 g/mol. The molecule has 298 valence electrons. The summed E-state index contributed by atoms with van der Waals surface area (Å²) in [6, 6.07) is 31.8. The molecule has 3 N–H and O–H groups in total. The summed E-state index contributed by atoms with van der Waals surface area (Å²) >= 11 is 0.825. The average Bonchev–Trinajstić information content (AvgIpc) is 3.85. The summed E-state index contributed by atoms with van der Waals surface area (Å²) in [5, 5.41) is 14.1. The minimum absolute atomic E-state index is 0.0159. The lowest BCUT2D eigenvalue weighted by atomic mass is 9.99. The highest BCUT2D eigenvalue weighted by Crippen LogP contribution is 2.44. The molecule has 0 radical (unpaired) electrons. The lowest BCUT2D eigenvalue weighted by molar-refractivity contribution is -0.147. The maximum absolute atomic E-state index is 13.5. The number of hydrogen-bond donors (Lipinski definition) is 3. The van der Waals surface area contributed by atoms with E-state index in [9.17, 15) is 45.5 Å². The van der Waals surface area contributed by atoms with E-state index in [2.05, 4.69) is 10.6 Å². The van der Waals surface area contributed by atoms with Gasteiger partial charge in [-0.15, -0.1) is 22.7 Å². The number of hydrogen-bond acceptors (Lipinski definition) is 7. The van der Waals surface area contributed by atoms with Gasteiger partial charge in [-0.05, 0) is 65.2 Å². The number of nitrogens with zero attached hydrogens (tertiary/aromatic N) is 1. The maximum Gasteiger partial charge on any atom is 0.426 e. The van der Waals surface area contributed by atoms with Gasteiger partial charge in [0.15, 0.2) is 0 Å². The van der Waals surface area contributed by atoms with Gasteiger partial charge in [-0.1, -0.05) is 72.8 Å². The number of likely N-dealkylation sites (tertiary alicyclic amines) is 1. The second kappa shape index (κ2) is 17.6. The Labute approximate surface area is 335 Å². The molecule has 1 saturated heterocycles. The molecule has 0 saturated carbocycles. The molecule has 0 spiro atoms. The first-order valence-electron chi connectivity index (χ1n) is 17.3. The lowest BCUT2D eigenvalue weighted by Gasteiger charge is -2.36. The van der Waals surface area contributed by atoms with Crippen LogP contribution in [-0.2, 0) is 23.7 Å². The number of benzene rings is 4. The second-order valence-electron chi connectivity index (χ2n) is 13.0. The second-order valence-corrected chi connectivity index (χ2v) is 15.1. The first kappa shape index (κ1) is 41.5. The number of alkyl halides is 6. The van der Waals surface area contributed by atoms with Crippen LogP contribution >= 0.6 is 22.7 Å². The van der Waals surface area contributed by atoms with Crippen molar-refractivity contribution >= 4 is 58.1 Å². The van der Waals surface area contributed by atoms with Gasteiger partial charge in [0.05, 0.1) is 15.7 Å². The van der Waals surface area contributed by atoms with E-state index in [1.54, 1.807) is 84.9 Å². The Hall–Kier alpha value is -6.10. The molecule has 16 heteroatoms. The molecule has 6 aromatic rings. The van der Waals surface area contributed by atoms with Crippen LogP contribution in [0.5, 0.6) is 0 Å². The highest BCUT2D eigenvalue weighted by atomic mass is 32.1. The van der Waals surface area contributed by atoms with Crippen molar-refractivity contribution in [1.82, 2.24) is 4.90 Å². The van der Waals surface area contributed by atoms with E-state index in [1.807, 2.05) is 4.90 Å². The third-order valence-corrected chi connectivity index (χ3v) is 11.2. The van der Waals surface area contributed by atoms with Gasteiger partial charge >= 0.3 is 18.3 Å². The van der Waals surface area contributed by atoms with E-state index in [-0.39, 0.29) is 26.8 Å². The Morgan fingerprint density at radius 1 is 0.655 bits per heavy atom. The number of amides is 2. The van der Waals surface area contributed by atoms with E-state index in [0.717, 1.165) is 5.56 Å². The first-order chi connectivity index (χ1) is 27.6. The number of aldehydes is 1. The zero-order valence-corrected chi connectivity index (χ0v) is 31.6. The smallest absolute Gasteiger partial charge is 0.426 e. The minimum Gasteiger partial charge on any atom is -0.481 e. The number of carboxylic acid groups (broad SMARTS) is 1. The van der Waals surface area contributed by atoms with Crippen LogP contribution in [0.4, 0.5) is 37.7 Å². The van der Waals surface area contributed by atoms with Gasteiger partial charge < -0.3 is 15.7 Å². The minimum atomic E-state index is -4.56. The predicted octanol–water partition coefficient (Wildman–Crippen LogP) is 10.7. The Morgan fingerprint density at radius 2 is 1.07 bits per heavy atom. The standard InChI is InChI=1S/C23H19F3N2O3S.C19H12F3NO2S/c24-23(25,26)20-18(15-4-2-1-3-5-15)10-19(32-20)21(29)27-17-8-6-14(7-9-17)11-28-12-16(13-28)22(30)31;20-19(21,22)17-15(13-4-2-1-3-5-13)10-16(26-17)18(25)23-14-8-6-12(11-24)7-9-14/h1-10,16H,11-13H2,(H,27,29)(H,30,31);1-11H,(H,23,25). The Kier molecular flexibility index (Phi) is 12.6. The summed E-state index contributed by atoms with van der Waals surface area (Å²) in [5.74, 6) is -2.37. The van der Waals surface area contributed by atoms with Crippen LogP contribution in [-0.4, -0.2) is 47.2 Å². The summed E-state index contributed by atoms with van der Waals surface area (Å²) in [6.45, 7) is 1.59. The SMILES string of the molecule is O=C(Nc1ccc(CN2CC(C(=O)O)C2)cc1)c1cc(-c2ccccc2)c(C(F)(F)F)s1.O=Cc1ccc(NC(=O)c2cc(-c3ccccc3)c(C(F)(F)F)s2)cc1. The van der Waals surface area contributed by atoms with Gasteiger partial charge in [-0.3, -0.25) is 24.1 Å². The zero-order valence-electron chi connectivity index (χ0n) is 29.9. The normalized spacial score (nSPS) is 13.1. The average molecular weight is 836 g/mol. The van der Waals surface area contributed by atoms with Crippen LogP contribution in [0.25, 0.3) is 22.3 Å². The van der Waals surface area contributed by atoms with Crippen molar-refractivity contribution in [2.45, 2.75) is 18.9 Å². The van der Waals surface area contributed by atoms with Crippen LogP contribution in [0.2, 0.25) is 0 Å². The number of rotatable bonds is 10. The summed E-state index contributed by atoms with van der Waals surface area (Å²) < 4.78 is 80.7. The fourth-order valence-corrected chi connectivity index (χ4v) is 7.81. The van der Waals surface area contributed by atoms with Crippen molar-refractivity contribution in [3.63, 3.8) is 0 Å². The highest BCUT2D eigenvalue weighted by molar-refractivity contribution is 7.15. The van der Waals surface area contributed by atoms with Crippen molar-refractivity contribution < 1.29 is 50.6 Å². The number of anilines is 2. The molecule has 1 fully saturated rings. The number of carbonyl (C=O) groups is 4. The largest absolute Gasteiger partial charge is 0.481 e. The van der Waals surface area contributed by atoms with E-state index in [0.29, 0.717) is 76.7 Å². The van der Waals surface area contributed by atoms with E-state index in [4.69, 9.17) is 5.11 Å². The molecule has 3 heterocycles. The van der Waals surface area contributed by atoms with Gasteiger partial charge in [-0.25, -0.2) is 0 Å². The Morgan fingerprint density at radius 3 is 1.45 bits per heavy atom. The quantitative estimate of drug-likeness (QED) is 0.0935. The van der Waals surface area contributed by atoms with E-state index >= 15 is 0 Å². The van der Waals surface area contributed by atoms with E-state index < -0.39 is 39.9 Å². The van der Waals surface area contributed by atoms with Crippen LogP contribution < -0.4 is 10.6 Å². The molecule has 1 aliphatic rings. The Balaban J connectivity index is 0.000000200. The van der Waals surface area contributed by atoms with Gasteiger partial charge in [0.25, 0.3) is 11.8 Å². The summed E-state index contributed by atoms with van der Waals surface area (Å²) in [6.07, 6.45) is -8.46. The maximum atomic E-state index is 13.5. The van der Waals surface area contributed by atoms with Crippen molar-refractivity contribution in [2.24, 2.45) is 5.92 Å². The molecule has 2 aromatic heterocycles.